The van der Waals surface area contributed by atoms with Crippen molar-refractivity contribution < 1.29 is 14.0 Å². The van der Waals surface area contributed by atoms with Gasteiger partial charge in [-0.25, -0.2) is 9.07 Å². The number of anilines is 3. The molecule has 6 rings (SSSR count). The van der Waals surface area contributed by atoms with Gasteiger partial charge in [0.15, 0.2) is 5.82 Å². The van der Waals surface area contributed by atoms with E-state index in [1.807, 2.05) is 7.05 Å². The Morgan fingerprint density at radius 3 is 2.50 bits per heavy atom. The van der Waals surface area contributed by atoms with Crippen LogP contribution in [-0.4, -0.2) is 87.3 Å². The molecule has 1 aliphatic carbocycles. The minimum Gasteiger partial charge on any atom is -0.381 e. The predicted octanol–water partition coefficient (Wildman–Crippen LogP) is 4.81. The Morgan fingerprint density at radius 2 is 1.80 bits per heavy atom. The van der Waals surface area contributed by atoms with Crippen molar-refractivity contribution in [1.29, 1.82) is 0 Å². The molecule has 2 amide bonds. The summed E-state index contributed by atoms with van der Waals surface area (Å²) in [5.41, 5.74) is 7.37. The standard InChI is InChI=1S/C31H39ClFN9O2/c1-40-12-14-41(15-13-40)30(44)20-16-22(32)26(36-17-20)21-8-11-35-18-23(21)38-29(43)25-27(34)39-42-28(25)37-19-24(33)31(42)9-6-4-2-3-5-7-10-31/h8,11,16-18,24,37H,2-7,9-10,12-15,19H2,1H3,(H2,34,39)(H,38,43). The first-order chi connectivity index (χ1) is 21.3. The van der Waals surface area contributed by atoms with Crippen LogP contribution in [0.25, 0.3) is 11.3 Å². The van der Waals surface area contributed by atoms with Crippen molar-refractivity contribution in [1.82, 2.24) is 29.5 Å². The number of halogens is 2. The molecule has 2 fully saturated rings. The number of fused-ring (bicyclic) bond motifs is 2. The Kier molecular flexibility index (Phi) is 8.73. The highest BCUT2D eigenvalue weighted by Gasteiger charge is 2.47. The van der Waals surface area contributed by atoms with Gasteiger partial charge in [-0.2, -0.15) is 5.10 Å². The molecule has 1 saturated heterocycles. The summed E-state index contributed by atoms with van der Waals surface area (Å²) in [4.78, 5) is 39.6. The number of likely N-dealkylation sites (N-methyl/N-ethyl adjacent to an activating group) is 1. The number of amides is 2. The van der Waals surface area contributed by atoms with Crippen molar-refractivity contribution in [2.24, 2.45) is 0 Å². The highest BCUT2D eigenvalue weighted by molar-refractivity contribution is 6.33. The van der Waals surface area contributed by atoms with Crippen LogP contribution in [0, 0.1) is 0 Å². The van der Waals surface area contributed by atoms with Gasteiger partial charge in [0.1, 0.15) is 17.6 Å². The lowest BCUT2D eigenvalue weighted by Gasteiger charge is -2.42. The van der Waals surface area contributed by atoms with E-state index in [1.165, 1.54) is 12.4 Å². The third-order valence-electron chi connectivity index (χ3n) is 9.27. The Bertz CT molecular complexity index is 1530. The van der Waals surface area contributed by atoms with Crippen LogP contribution in [0.5, 0.6) is 0 Å². The van der Waals surface area contributed by atoms with Gasteiger partial charge in [0.25, 0.3) is 11.8 Å². The normalized spacial score (nSPS) is 20.6. The van der Waals surface area contributed by atoms with Crippen LogP contribution >= 0.6 is 11.6 Å². The number of nitrogen functional groups attached to an aromatic ring is 1. The minimum atomic E-state index is -1.15. The number of aromatic nitrogens is 4. The van der Waals surface area contributed by atoms with Crippen LogP contribution in [-0.2, 0) is 5.54 Å². The van der Waals surface area contributed by atoms with Crippen LogP contribution < -0.4 is 16.4 Å². The SMILES string of the molecule is CN1CCN(C(=O)c2cnc(-c3ccncc3NC(=O)c3c(N)nn4c3NCC(F)C43CCCCCCCC3)c(Cl)c2)CC1. The van der Waals surface area contributed by atoms with Crippen molar-refractivity contribution in [3.63, 3.8) is 0 Å². The van der Waals surface area contributed by atoms with Gasteiger partial charge in [-0.15, -0.1) is 0 Å². The number of rotatable bonds is 4. The number of pyridine rings is 2. The zero-order chi connectivity index (χ0) is 30.8. The van der Waals surface area contributed by atoms with Gasteiger partial charge >= 0.3 is 0 Å². The summed E-state index contributed by atoms with van der Waals surface area (Å²) >= 11 is 6.68. The summed E-state index contributed by atoms with van der Waals surface area (Å²) in [5.74, 6) is -0.156. The first-order valence-electron chi connectivity index (χ1n) is 15.4. The highest BCUT2D eigenvalue weighted by Crippen LogP contribution is 2.44. The van der Waals surface area contributed by atoms with Crippen molar-refractivity contribution in [2.45, 2.75) is 63.1 Å². The highest BCUT2D eigenvalue weighted by atomic mass is 35.5. The molecule has 44 heavy (non-hydrogen) atoms. The number of hydrogen-bond donors (Lipinski definition) is 3. The topological polar surface area (TPSA) is 134 Å². The van der Waals surface area contributed by atoms with Crippen LogP contribution in [0.4, 0.5) is 21.7 Å². The Labute approximate surface area is 261 Å². The van der Waals surface area contributed by atoms with E-state index in [-0.39, 0.29) is 28.9 Å². The molecule has 0 bridgehead atoms. The maximum atomic E-state index is 15.7. The number of nitrogens with zero attached hydrogens (tertiary/aromatic N) is 6. The molecular formula is C31H39ClFN9O2. The molecule has 3 aromatic heterocycles. The van der Waals surface area contributed by atoms with E-state index in [4.69, 9.17) is 17.3 Å². The molecule has 1 spiro atoms. The number of piperazine rings is 1. The quantitative estimate of drug-likeness (QED) is 0.377. The molecule has 1 atom stereocenters. The smallest absolute Gasteiger partial charge is 0.263 e. The van der Waals surface area contributed by atoms with Gasteiger partial charge < -0.3 is 26.2 Å². The molecule has 234 valence electrons. The Hall–Kier alpha value is -3.77. The molecule has 1 unspecified atom stereocenters. The first kappa shape index (κ1) is 30.3. The summed E-state index contributed by atoms with van der Waals surface area (Å²) in [7, 11) is 2.03. The number of hydrogen-bond acceptors (Lipinski definition) is 8. The lowest BCUT2D eigenvalue weighted by Crippen LogP contribution is -2.51. The van der Waals surface area contributed by atoms with E-state index in [1.54, 1.807) is 27.9 Å². The fraction of sp³-hybridized carbons (Fsp3) is 0.516. The number of alkyl halides is 1. The van der Waals surface area contributed by atoms with E-state index in [2.05, 4.69) is 30.6 Å². The van der Waals surface area contributed by atoms with Crippen LogP contribution in [0.2, 0.25) is 5.02 Å². The minimum absolute atomic E-state index is 0.0340. The predicted molar refractivity (Wildman–Crippen MR) is 169 cm³/mol. The van der Waals surface area contributed by atoms with E-state index in [0.717, 1.165) is 51.6 Å². The fourth-order valence-electron chi connectivity index (χ4n) is 6.70. The molecule has 0 radical (unpaired) electrons. The fourth-order valence-corrected chi connectivity index (χ4v) is 6.97. The van der Waals surface area contributed by atoms with Gasteiger partial charge in [-0.3, -0.25) is 19.6 Å². The number of nitrogens with two attached hydrogens (primary N) is 1. The molecule has 3 aliphatic rings. The summed E-state index contributed by atoms with van der Waals surface area (Å²) in [6.45, 7) is 2.97. The average molecular weight is 624 g/mol. The second-order valence-electron chi connectivity index (χ2n) is 12.1. The molecule has 3 aromatic rings. The van der Waals surface area contributed by atoms with Gasteiger partial charge in [0.05, 0.1) is 33.7 Å². The maximum absolute atomic E-state index is 15.7. The van der Waals surface area contributed by atoms with Crippen LogP contribution in [0.3, 0.4) is 0 Å². The van der Waals surface area contributed by atoms with Gasteiger partial charge in [-0.1, -0.05) is 50.1 Å². The molecule has 11 nitrogen and oxygen atoms in total. The van der Waals surface area contributed by atoms with Gasteiger partial charge in [0, 0.05) is 50.7 Å². The lowest BCUT2D eigenvalue weighted by atomic mass is 9.82. The van der Waals surface area contributed by atoms with Gasteiger partial charge in [-0.05, 0) is 32.0 Å². The zero-order valence-electron chi connectivity index (χ0n) is 25.0. The van der Waals surface area contributed by atoms with Crippen LogP contribution in [0.1, 0.15) is 72.1 Å². The molecule has 13 heteroatoms. The maximum Gasteiger partial charge on any atom is 0.263 e. The monoisotopic (exact) mass is 623 g/mol. The van der Waals surface area contributed by atoms with E-state index in [9.17, 15) is 9.59 Å². The third-order valence-corrected chi connectivity index (χ3v) is 9.55. The van der Waals surface area contributed by atoms with Gasteiger partial charge in [0.2, 0.25) is 0 Å². The molecule has 5 heterocycles. The van der Waals surface area contributed by atoms with Crippen molar-refractivity contribution in [3.05, 3.63) is 46.9 Å². The largest absolute Gasteiger partial charge is 0.381 e. The average Bonchev–Trinajstić information content (AvgIpc) is 3.42. The number of carbonyl (C=O) groups is 2. The lowest BCUT2D eigenvalue weighted by molar-refractivity contribution is 0.0663. The summed E-state index contributed by atoms with van der Waals surface area (Å²) < 4.78 is 17.3. The molecule has 4 N–H and O–H groups in total. The Morgan fingerprint density at radius 1 is 1.09 bits per heavy atom. The zero-order valence-corrected chi connectivity index (χ0v) is 25.7. The summed E-state index contributed by atoms with van der Waals surface area (Å²) in [6.07, 6.45) is 10.9. The number of nitrogens with one attached hydrogen (secondary N) is 2. The second kappa shape index (κ2) is 12.7. The summed E-state index contributed by atoms with van der Waals surface area (Å²) in [6, 6.07) is 3.30. The van der Waals surface area contributed by atoms with E-state index >= 15 is 4.39 Å². The van der Waals surface area contributed by atoms with Crippen molar-refractivity contribution >= 4 is 40.7 Å². The molecule has 0 aromatic carbocycles. The molecule has 2 aliphatic heterocycles. The van der Waals surface area contributed by atoms with Crippen molar-refractivity contribution in [3.8, 4) is 11.3 Å². The summed E-state index contributed by atoms with van der Waals surface area (Å²) in [5, 5.41) is 10.8. The number of carbonyl (C=O) groups excluding carboxylic acids is 2. The van der Waals surface area contributed by atoms with Crippen molar-refractivity contribution in [2.75, 3.05) is 56.1 Å². The Balaban J connectivity index is 1.27. The van der Waals surface area contributed by atoms with E-state index in [0.29, 0.717) is 54.3 Å². The third kappa shape index (κ3) is 5.72. The second-order valence-corrected chi connectivity index (χ2v) is 12.5. The first-order valence-corrected chi connectivity index (χ1v) is 15.8. The van der Waals surface area contributed by atoms with Crippen LogP contribution in [0.15, 0.2) is 30.7 Å². The molecular weight excluding hydrogens is 585 g/mol. The molecule has 1 saturated carbocycles. The van der Waals surface area contributed by atoms with E-state index < -0.39 is 17.6 Å².